The third-order valence-corrected chi connectivity index (χ3v) is 4.00. The van der Waals surface area contributed by atoms with Gasteiger partial charge >= 0.3 is 6.18 Å². The number of methoxy groups -OCH3 is 1. The normalized spacial score (nSPS) is 18.0. The van der Waals surface area contributed by atoms with Crippen molar-refractivity contribution in [2.75, 3.05) is 20.2 Å². The second-order valence-electron chi connectivity index (χ2n) is 5.21. The highest BCUT2D eigenvalue weighted by Gasteiger charge is 2.41. The van der Waals surface area contributed by atoms with Gasteiger partial charge in [0, 0.05) is 23.2 Å². The summed E-state index contributed by atoms with van der Waals surface area (Å²) in [6.45, 7) is 1.05. The molecule has 0 amide bonds. The lowest BCUT2D eigenvalue weighted by molar-refractivity contribution is -0.185. The van der Waals surface area contributed by atoms with Crippen molar-refractivity contribution >= 4 is 11.6 Å². The van der Waals surface area contributed by atoms with E-state index in [4.69, 9.17) is 16.3 Å². The van der Waals surface area contributed by atoms with Gasteiger partial charge in [0.25, 0.3) is 0 Å². The van der Waals surface area contributed by atoms with Crippen molar-refractivity contribution in [1.82, 2.24) is 4.90 Å². The molecule has 7 heteroatoms. The summed E-state index contributed by atoms with van der Waals surface area (Å²) in [6.07, 6.45) is -3.95. The zero-order valence-corrected chi connectivity index (χ0v) is 12.3. The van der Waals surface area contributed by atoms with Crippen LogP contribution < -0.4 is 4.74 Å². The number of ether oxygens (including phenoxy) is 1. The second-order valence-corrected chi connectivity index (χ2v) is 5.64. The number of aromatic hydroxyl groups is 1. The van der Waals surface area contributed by atoms with Gasteiger partial charge in [-0.15, -0.1) is 0 Å². The summed E-state index contributed by atoms with van der Waals surface area (Å²) in [5, 5.41) is 10.5. The summed E-state index contributed by atoms with van der Waals surface area (Å²) in [5.74, 6) is -0.973. The molecule has 1 heterocycles. The number of hydrogen-bond donors (Lipinski definition) is 1. The van der Waals surface area contributed by atoms with E-state index in [0.717, 1.165) is 0 Å². The standard InChI is InChI=1S/C14H17ClF3NO2/c1-21-12-7-11(15)6-9(13(12)20)8-19-4-2-10(3-5-19)14(16,17)18/h6-7,10,20H,2-5,8H2,1H3. The maximum atomic E-state index is 12.6. The molecule has 0 aromatic heterocycles. The lowest BCUT2D eigenvalue weighted by Gasteiger charge is -2.33. The van der Waals surface area contributed by atoms with Crippen LogP contribution in [-0.4, -0.2) is 36.4 Å². The van der Waals surface area contributed by atoms with E-state index in [9.17, 15) is 18.3 Å². The fourth-order valence-corrected chi connectivity index (χ4v) is 2.79. The minimum atomic E-state index is -4.12. The molecule has 1 aliphatic heterocycles. The van der Waals surface area contributed by atoms with Gasteiger partial charge in [-0.2, -0.15) is 13.2 Å². The smallest absolute Gasteiger partial charge is 0.391 e. The van der Waals surface area contributed by atoms with Crippen LogP contribution in [0.1, 0.15) is 18.4 Å². The Morgan fingerprint density at radius 2 is 1.95 bits per heavy atom. The largest absolute Gasteiger partial charge is 0.504 e. The van der Waals surface area contributed by atoms with Gasteiger partial charge in [-0.3, -0.25) is 4.90 Å². The molecule has 2 rings (SSSR count). The van der Waals surface area contributed by atoms with Crippen molar-refractivity contribution in [2.45, 2.75) is 25.6 Å². The quantitative estimate of drug-likeness (QED) is 0.917. The van der Waals surface area contributed by atoms with E-state index >= 15 is 0 Å². The lowest BCUT2D eigenvalue weighted by atomic mass is 9.96. The summed E-state index contributed by atoms with van der Waals surface area (Å²) in [4.78, 5) is 1.88. The van der Waals surface area contributed by atoms with Gasteiger partial charge < -0.3 is 9.84 Å². The predicted octanol–water partition coefficient (Wildman–Crippen LogP) is 3.83. The zero-order valence-electron chi connectivity index (χ0n) is 11.6. The number of phenolic OH excluding ortho intramolecular Hbond substituents is 1. The first-order valence-corrected chi connectivity index (χ1v) is 7.03. The van der Waals surface area contributed by atoms with Crippen LogP contribution in [0.5, 0.6) is 11.5 Å². The van der Waals surface area contributed by atoms with Crippen LogP contribution in [-0.2, 0) is 6.54 Å². The molecule has 0 saturated carbocycles. The minimum absolute atomic E-state index is 0.0140. The molecule has 1 saturated heterocycles. The molecule has 3 nitrogen and oxygen atoms in total. The number of piperidine rings is 1. The molecule has 0 atom stereocenters. The van der Waals surface area contributed by atoms with Crippen LogP contribution in [0, 0.1) is 5.92 Å². The Hall–Kier alpha value is -1.14. The first-order valence-electron chi connectivity index (χ1n) is 6.65. The Morgan fingerprint density at radius 3 is 2.48 bits per heavy atom. The number of hydrogen-bond acceptors (Lipinski definition) is 3. The Bertz CT molecular complexity index is 500. The predicted molar refractivity (Wildman–Crippen MR) is 73.7 cm³/mol. The van der Waals surface area contributed by atoms with Gasteiger partial charge in [0.05, 0.1) is 13.0 Å². The molecule has 0 aliphatic carbocycles. The van der Waals surface area contributed by atoms with E-state index in [1.54, 1.807) is 6.07 Å². The molecule has 0 bridgehead atoms. The van der Waals surface area contributed by atoms with Crippen molar-refractivity contribution in [2.24, 2.45) is 5.92 Å². The average Bonchev–Trinajstić information content (AvgIpc) is 2.42. The molecule has 1 aliphatic rings. The van der Waals surface area contributed by atoms with Crippen LogP contribution in [0.2, 0.25) is 5.02 Å². The summed E-state index contributed by atoms with van der Waals surface area (Å²) < 4.78 is 42.9. The van der Waals surface area contributed by atoms with E-state index in [0.29, 0.717) is 30.2 Å². The van der Waals surface area contributed by atoms with Crippen LogP contribution >= 0.6 is 11.6 Å². The summed E-state index contributed by atoms with van der Waals surface area (Å²) >= 11 is 5.94. The Kier molecular flexibility index (Phi) is 4.88. The molecular weight excluding hydrogens is 307 g/mol. The van der Waals surface area contributed by atoms with Gasteiger partial charge in [0.1, 0.15) is 0 Å². The van der Waals surface area contributed by atoms with Crippen LogP contribution in [0.4, 0.5) is 13.2 Å². The number of halogens is 4. The molecule has 1 aromatic rings. The fourth-order valence-electron chi connectivity index (χ4n) is 2.56. The van der Waals surface area contributed by atoms with E-state index in [2.05, 4.69) is 0 Å². The number of phenols is 1. The third kappa shape index (κ3) is 3.95. The van der Waals surface area contributed by atoms with E-state index in [-0.39, 0.29) is 24.3 Å². The van der Waals surface area contributed by atoms with Crippen LogP contribution in [0.25, 0.3) is 0 Å². The molecule has 1 aromatic carbocycles. The minimum Gasteiger partial charge on any atom is -0.504 e. The summed E-state index contributed by atoms with van der Waals surface area (Å²) in [6, 6.07) is 3.10. The van der Waals surface area contributed by atoms with Gasteiger partial charge in [0.2, 0.25) is 0 Å². The average molecular weight is 324 g/mol. The first kappa shape index (κ1) is 16.2. The number of benzene rings is 1. The lowest BCUT2D eigenvalue weighted by Crippen LogP contribution is -2.38. The van der Waals surface area contributed by atoms with Crippen LogP contribution in [0.3, 0.4) is 0 Å². The number of nitrogens with zero attached hydrogens (tertiary/aromatic N) is 1. The highest BCUT2D eigenvalue weighted by Crippen LogP contribution is 2.37. The van der Waals surface area contributed by atoms with Crippen molar-refractivity contribution in [1.29, 1.82) is 0 Å². The maximum Gasteiger partial charge on any atom is 0.391 e. The molecule has 1 fully saturated rings. The third-order valence-electron chi connectivity index (χ3n) is 3.78. The highest BCUT2D eigenvalue weighted by molar-refractivity contribution is 6.30. The summed E-state index contributed by atoms with van der Waals surface area (Å²) in [7, 11) is 1.42. The molecule has 0 radical (unpaired) electrons. The molecule has 118 valence electrons. The molecule has 21 heavy (non-hydrogen) atoms. The van der Waals surface area contributed by atoms with Crippen molar-refractivity contribution in [3.8, 4) is 11.5 Å². The zero-order chi connectivity index (χ0) is 15.6. The van der Waals surface area contributed by atoms with Gasteiger partial charge in [-0.05, 0) is 32.0 Å². The molecule has 1 N–H and O–H groups in total. The van der Waals surface area contributed by atoms with Crippen molar-refractivity contribution in [3.63, 3.8) is 0 Å². The Balaban J connectivity index is 2.03. The van der Waals surface area contributed by atoms with Gasteiger partial charge in [-0.25, -0.2) is 0 Å². The number of likely N-dealkylation sites (tertiary alicyclic amines) is 1. The van der Waals surface area contributed by atoms with E-state index in [1.807, 2.05) is 4.90 Å². The maximum absolute atomic E-state index is 12.6. The molecular formula is C14H17ClF3NO2. The Labute approximate surface area is 126 Å². The topological polar surface area (TPSA) is 32.7 Å². The monoisotopic (exact) mass is 323 g/mol. The number of alkyl halides is 3. The van der Waals surface area contributed by atoms with Gasteiger partial charge in [0.15, 0.2) is 11.5 Å². The van der Waals surface area contributed by atoms with E-state index in [1.165, 1.54) is 13.2 Å². The van der Waals surface area contributed by atoms with Crippen molar-refractivity contribution in [3.05, 3.63) is 22.7 Å². The van der Waals surface area contributed by atoms with Gasteiger partial charge in [-0.1, -0.05) is 11.6 Å². The molecule has 0 spiro atoms. The number of rotatable bonds is 3. The fraction of sp³-hybridized carbons (Fsp3) is 0.571. The highest BCUT2D eigenvalue weighted by atomic mass is 35.5. The Morgan fingerprint density at radius 1 is 1.33 bits per heavy atom. The first-order chi connectivity index (χ1) is 9.81. The molecule has 0 unspecified atom stereocenters. The van der Waals surface area contributed by atoms with Crippen LogP contribution in [0.15, 0.2) is 12.1 Å². The SMILES string of the molecule is COc1cc(Cl)cc(CN2CCC(C(F)(F)F)CC2)c1O. The second kappa shape index (κ2) is 6.32. The van der Waals surface area contributed by atoms with Crippen molar-refractivity contribution < 1.29 is 23.0 Å². The summed E-state index contributed by atoms with van der Waals surface area (Å²) in [5.41, 5.74) is 0.560. The van der Waals surface area contributed by atoms with E-state index < -0.39 is 12.1 Å².